The summed E-state index contributed by atoms with van der Waals surface area (Å²) in [7, 11) is 0. The molecule has 0 aromatic rings. The second-order valence-electron chi connectivity index (χ2n) is 9.64. The van der Waals surface area contributed by atoms with Crippen molar-refractivity contribution in [2.24, 2.45) is 22.7 Å². The zero-order valence-corrected chi connectivity index (χ0v) is 14.8. The Morgan fingerprint density at radius 2 is 1.65 bits per heavy atom. The first kappa shape index (κ1) is 16.3. The van der Waals surface area contributed by atoms with Gasteiger partial charge in [0.1, 0.15) is 0 Å². The van der Waals surface area contributed by atoms with Gasteiger partial charge >= 0.3 is 0 Å². The molecule has 118 valence electrons. The molecule has 4 unspecified atom stereocenters. The van der Waals surface area contributed by atoms with Crippen molar-refractivity contribution in [3.05, 3.63) is 0 Å². The van der Waals surface area contributed by atoms with Gasteiger partial charge < -0.3 is 5.32 Å². The summed E-state index contributed by atoms with van der Waals surface area (Å²) in [6.07, 6.45) is 9.84. The van der Waals surface area contributed by atoms with Gasteiger partial charge in [-0.05, 0) is 54.8 Å². The van der Waals surface area contributed by atoms with E-state index in [0.717, 1.165) is 23.9 Å². The first-order valence-electron chi connectivity index (χ1n) is 8.93. The summed E-state index contributed by atoms with van der Waals surface area (Å²) in [6.45, 7) is 14.7. The fourth-order valence-corrected chi connectivity index (χ4v) is 5.14. The molecule has 4 atom stereocenters. The number of nitrogens with one attached hydrogen (secondary N) is 1. The van der Waals surface area contributed by atoms with Gasteiger partial charge in [0.15, 0.2) is 0 Å². The van der Waals surface area contributed by atoms with Crippen LogP contribution in [-0.4, -0.2) is 12.1 Å². The van der Waals surface area contributed by atoms with E-state index >= 15 is 0 Å². The summed E-state index contributed by atoms with van der Waals surface area (Å²) in [5, 5.41) is 4.10. The topological polar surface area (TPSA) is 12.0 Å². The predicted molar refractivity (Wildman–Crippen MR) is 88.9 cm³/mol. The van der Waals surface area contributed by atoms with Crippen LogP contribution in [0.15, 0.2) is 0 Å². The van der Waals surface area contributed by atoms with Crippen LogP contribution in [0.2, 0.25) is 0 Å². The van der Waals surface area contributed by atoms with E-state index in [1.807, 2.05) is 0 Å². The molecule has 0 heterocycles. The van der Waals surface area contributed by atoms with Crippen LogP contribution in [0.25, 0.3) is 0 Å². The summed E-state index contributed by atoms with van der Waals surface area (Å²) in [6, 6.07) is 1.51. The van der Waals surface area contributed by atoms with Gasteiger partial charge in [0.2, 0.25) is 0 Å². The van der Waals surface area contributed by atoms with E-state index in [4.69, 9.17) is 0 Å². The van der Waals surface area contributed by atoms with Crippen molar-refractivity contribution in [2.45, 2.75) is 98.6 Å². The second-order valence-corrected chi connectivity index (χ2v) is 9.64. The van der Waals surface area contributed by atoms with E-state index in [2.05, 4.69) is 46.9 Å². The predicted octanol–water partition coefficient (Wildman–Crippen LogP) is 5.40. The van der Waals surface area contributed by atoms with Crippen LogP contribution in [0.5, 0.6) is 0 Å². The van der Waals surface area contributed by atoms with E-state index in [1.54, 1.807) is 0 Å². The molecule has 0 aliphatic heterocycles. The van der Waals surface area contributed by atoms with Crippen molar-refractivity contribution in [1.82, 2.24) is 5.32 Å². The maximum Gasteiger partial charge on any atom is 0.0103 e. The van der Waals surface area contributed by atoms with Gasteiger partial charge in [-0.1, -0.05) is 54.4 Å². The largest absolute Gasteiger partial charge is 0.311 e. The Morgan fingerprint density at radius 3 is 2.25 bits per heavy atom. The maximum absolute atomic E-state index is 4.10. The Labute approximate surface area is 127 Å². The molecule has 0 spiro atoms. The summed E-state index contributed by atoms with van der Waals surface area (Å²) in [4.78, 5) is 0. The molecular formula is C19H37N. The lowest BCUT2D eigenvalue weighted by atomic mass is 9.67. The van der Waals surface area contributed by atoms with Crippen molar-refractivity contribution < 1.29 is 0 Å². The molecule has 0 aromatic carbocycles. The van der Waals surface area contributed by atoms with Crippen molar-refractivity contribution in [1.29, 1.82) is 0 Å². The molecule has 1 N–H and O–H groups in total. The van der Waals surface area contributed by atoms with Gasteiger partial charge in [-0.25, -0.2) is 0 Å². The van der Waals surface area contributed by atoms with Crippen LogP contribution in [0, 0.1) is 22.7 Å². The molecule has 20 heavy (non-hydrogen) atoms. The molecule has 1 nitrogen and oxygen atoms in total. The third-order valence-electron chi connectivity index (χ3n) is 5.72. The lowest BCUT2D eigenvalue weighted by Crippen LogP contribution is -2.51. The van der Waals surface area contributed by atoms with E-state index in [1.165, 1.54) is 44.9 Å². The molecule has 0 bridgehead atoms. The quantitative estimate of drug-likeness (QED) is 0.714. The lowest BCUT2D eigenvalue weighted by molar-refractivity contribution is 0.0902. The van der Waals surface area contributed by atoms with Crippen molar-refractivity contribution in [2.75, 3.05) is 0 Å². The van der Waals surface area contributed by atoms with Gasteiger partial charge in [-0.3, -0.25) is 0 Å². The lowest BCUT2D eigenvalue weighted by Gasteiger charge is -2.46. The summed E-state index contributed by atoms with van der Waals surface area (Å²) in [5.41, 5.74) is 0.981. The molecule has 0 saturated heterocycles. The first-order chi connectivity index (χ1) is 9.17. The van der Waals surface area contributed by atoms with E-state index in [-0.39, 0.29) is 0 Å². The minimum atomic E-state index is 0.452. The first-order valence-corrected chi connectivity index (χ1v) is 8.93. The monoisotopic (exact) mass is 279 g/mol. The third-order valence-corrected chi connectivity index (χ3v) is 5.72. The molecule has 2 aliphatic carbocycles. The normalized spacial score (nSPS) is 38.7. The summed E-state index contributed by atoms with van der Waals surface area (Å²) < 4.78 is 0. The minimum absolute atomic E-state index is 0.452. The van der Waals surface area contributed by atoms with E-state index in [0.29, 0.717) is 10.8 Å². The number of hydrogen-bond donors (Lipinski definition) is 1. The number of rotatable bonds is 2. The molecule has 0 radical (unpaired) electrons. The zero-order valence-electron chi connectivity index (χ0n) is 14.8. The molecule has 2 fully saturated rings. The van der Waals surface area contributed by atoms with Crippen molar-refractivity contribution in [3.8, 4) is 0 Å². The van der Waals surface area contributed by atoms with Crippen LogP contribution >= 0.6 is 0 Å². The SMILES string of the molecule is CC1CC(NC2CCCCC2C(C)(C)C)CC(C)(C)C1. The average molecular weight is 280 g/mol. The van der Waals surface area contributed by atoms with E-state index < -0.39 is 0 Å². The Balaban J connectivity index is 2.00. The Morgan fingerprint density at radius 1 is 1.00 bits per heavy atom. The standard InChI is InChI=1S/C19H37N/c1-14-11-15(13-19(5,6)12-14)20-17-10-8-7-9-16(17)18(2,3)4/h14-17,20H,7-13H2,1-6H3. The van der Waals surface area contributed by atoms with Gasteiger partial charge in [0, 0.05) is 12.1 Å². The van der Waals surface area contributed by atoms with E-state index in [9.17, 15) is 0 Å². The highest BCUT2D eigenvalue weighted by atomic mass is 15.0. The third kappa shape index (κ3) is 4.23. The highest BCUT2D eigenvalue weighted by Crippen LogP contribution is 2.41. The van der Waals surface area contributed by atoms with Crippen LogP contribution in [0.3, 0.4) is 0 Å². The van der Waals surface area contributed by atoms with Gasteiger partial charge in [-0.15, -0.1) is 0 Å². The fraction of sp³-hybridized carbons (Fsp3) is 1.00. The van der Waals surface area contributed by atoms with Crippen LogP contribution in [-0.2, 0) is 0 Å². The van der Waals surface area contributed by atoms with Crippen molar-refractivity contribution in [3.63, 3.8) is 0 Å². The summed E-state index contributed by atoms with van der Waals surface area (Å²) in [5.74, 6) is 1.74. The molecule has 2 rings (SSSR count). The van der Waals surface area contributed by atoms with Crippen LogP contribution < -0.4 is 5.32 Å². The molecule has 2 saturated carbocycles. The Kier molecular flexibility index (Phi) is 4.89. The summed E-state index contributed by atoms with van der Waals surface area (Å²) >= 11 is 0. The van der Waals surface area contributed by atoms with Crippen LogP contribution in [0.1, 0.15) is 86.5 Å². The van der Waals surface area contributed by atoms with Gasteiger partial charge in [0.25, 0.3) is 0 Å². The zero-order chi connectivity index (χ0) is 15.0. The van der Waals surface area contributed by atoms with Gasteiger partial charge in [-0.2, -0.15) is 0 Å². The van der Waals surface area contributed by atoms with Gasteiger partial charge in [0.05, 0.1) is 0 Å². The highest BCUT2D eigenvalue weighted by Gasteiger charge is 2.38. The molecule has 1 heteroatoms. The molecule has 2 aliphatic rings. The molecule has 0 aromatic heterocycles. The van der Waals surface area contributed by atoms with Crippen molar-refractivity contribution >= 4 is 0 Å². The van der Waals surface area contributed by atoms with Crippen LogP contribution in [0.4, 0.5) is 0 Å². The molecular weight excluding hydrogens is 242 g/mol. The Bertz CT molecular complexity index is 312. The maximum atomic E-state index is 4.10. The smallest absolute Gasteiger partial charge is 0.0103 e. The molecule has 0 amide bonds. The Hall–Kier alpha value is -0.0400. The fourth-order valence-electron chi connectivity index (χ4n) is 5.14. The highest BCUT2D eigenvalue weighted by molar-refractivity contribution is 4.93. The number of hydrogen-bond acceptors (Lipinski definition) is 1. The minimum Gasteiger partial charge on any atom is -0.311 e. The average Bonchev–Trinajstić information content (AvgIpc) is 2.25. The second kappa shape index (κ2) is 5.99.